The smallest absolute Gasteiger partial charge is 0.255 e. The third-order valence-corrected chi connectivity index (χ3v) is 3.98. The molecule has 1 amide bonds. The largest absolute Gasteiger partial charge is 0.396 e. The highest BCUT2D eigenvalue weighted by Gasteiger charge is 2.30. The first-order valence-corrected chi connectivity index (χ1v) is 7.30. The first-order valence-electron chi connectivity index (χ1n) is 6.92. The quantitative estimate of drug-likeness (QED) is 0.874. The van der Waals surface area contributed by atoms with Gasteiger partial charge in [0.1, 0.15) is 5.82 Å². The zero-order valence-corrected chi connectivity index (χ0v) is 12.4. The molecule has 110 valence electrons. The van der Waals surface area contributed by atoms with Crippen molar-refractivity contribution in [2.75, 3.05) is 25.5 Å². The van der Waals surface area contributed by atoms with Crippen LogP contribution < -0.4 is 5.32 Å². The van der Waals surface area contributed by atoms with E-state index in [1.54, 1.807) is 13.1 Å². The molecular formula is C14H20ClN3O2. The standard InChI is InChI=1S/C14H20ClN3O2/c1-16-13-8-11(12(15)9-17-13)14(20)18-6-2-4-10(18)5-3-7-19/h8-10,19H,2-7H2,1H3,(H,16,17). The highest BCUT2D eigenvalue weighted by Crippen LogP contribution is 2.26. The molecule has 0 spiro atoms. The molecule has 6 heteroatoms. The average molecular weight is 298 g/mol. The Bertz CT molecular complexity index is 481. The van der Waals surface area contributed by atoms with E-state index in [-0.39, 0.29) is 18.6 Å². The number of nitrogens with one attached hydrogen (secondary N) is 1. The molecule has 2 rings (SSSR count). The number of nitrogens with zero attached hydrogens (tertiary/aromatic N) is 2. The van der Waals surface area contributed by atoms with E-state index in [0.29, 0.717) is 16.4 Å². The van der Waals surface area contributed by atoms with Crippen LogP contribution in [0, 0.1) is 0 Å². The molecule has 1 aliphatic heterocycles. The van der Waals surface area contributed by atoms with E-state index < -0.39 is 0 Å². The van der Waals surface area contributed by atoms with Crippen LogP contribution in [-0.2, 0) is 0 Å². The molecule has 1 aromatic heterocycles. The molecule has 1 aromatic rings. The molecule has 1 atom stereocenters. The van der Waals surface area contributed by atoms with Gasteiger partial charge in [0.2, 0.25) is 0 Å². The lowest BCUT2D eigenvalue weighted by Gasteiger charge is -2.25. The summed E-state index contributed by atoms with van der Waals surface area (Å²) in [7, 11) is 1.75. The van der Waals surface area contributed by atoms with Crippen molar-refractivity contribution in [1.82, 2.24) is 9.88 Å². The Morgan fingerprint density at radius 2 is 2.45 bits per heavy atom. The first kappa shape index (κ1) is 15.1. The van der Waals surface area contributed by atoms with Crippen LogP contribution >= 0.6 is 11.6 Å². The minimum Gasteiger partial charge on any atom is -0.396 e. The number of amides is 1. The van der Waals surface area contributed by atoms with Gasteiger partial charge in [-0.25, -0.2) is 4.98 Å². The number of aliphatic hydroxyl groups excluding tert-OH is 1. The van der Waals surface area contributed by atoms with Gasteiger partial charge in [-0.2, -0.15) is 0 Å². The molecule has 1 saturated heterocycles. The lowest BCUT2D eigenvalue weighted by atomic mass is 10.1. The van der Waals surface area contributed by atoms with E-state index >= 15 is 0 Å². The molecule has 1 aliphatic rings. The predicted molar refractivity (Wildman–Crippen MR) is 79.2 cm³/mol. The molecule has 0 aliphatic carbocycles. The molecule has 2 heterocycles. The van der Waals surface area contributed by atoms with Gasteiger partial charge in [-0.3, -0.25) is 4.79 Å². The summed E-state index contributed by atoms with van der Waals surface area (Å²) in [5.41, 5.74) is 0.488. The zero-order chi connectivity index (χ0) is 14.5. The van der Waals surface area contributed by atoms with Crippen LogP contribution in [0.1, 0.15) is 36.0 Å². The van der Waals surface area contributed by atoms with Crippen molar-refractivity contribution in [3.8, 4) is 0 Å². The molecule has 0 aromatic carbocycles. The highest BCUT2D eigenvalue weighted by atomic mass is 35.5. The molecule has 1 fully saturated rings. The predicted octanol–water partition coefficient (Wildman–Crippen LogP) is 2.15. The van der Waals surface area contributed by atoms with Gasteiger partial charge >= 0.3 is 0 Å². The minimum absolute atomic E-state index is 0.0469. The maximum absolute atomic E-state index is 12.6. The summed E-state index contributed by atoms with van der Waals surface area (Å²) in [6.07, 6.45) is 5.06. The van der Waals surface area contributed by atoms with E-state index in [1.165, 1.54) is 6.20 Å². The Labute approximate surface area is 123 Å². The average Bonchev–Trinajstić information content (AvgIpc) is 2.93. The highest BCUT2D eigenvalue weighted by molar-refractivity contribution is 6.33. The Morgan fingerprint density at radius 1 is 1.65 bits per heavy atom. The Balaban J connectivity index is 2.17. The lowest BCUT2D eigenvalue weighted by molar-refractivity contribution is 0.0724. The zero-order valence-electron chi connectivity index (χ0n) is 11.6. The maximum atomic E-state index is 12.6. The number of rotatable bonds is 5. The lowest BCUT2D eigenvalue weighted by Crippen LogP contribution is -2.35. The van der Waals surface area contributed by atoms with Crippen molar-refractivity contribution in [2.24, 2.45) is 0 Å². The number of carbonyl (C=O) groups is 1. The van der Waals surface area contributed by atoms with Gasteiger partial charge in [-0.15, -0.1) is 0 Å². The third-order valence-electron chi connectivity index (χ3n) is 3.68. The summed E-state index contributed by atoms with van der Waals surface area (Å²) in [5, 5.41) is 12.2. The van der Waals surface area contributed by atoms with E-state index in [1.807, 2.05) is 4.90 Å². The number of aliphatic hydroxyl groups is 1. The van der Waals surface area contributed by atoms with Crippen LogP contribution in [0.5, 0.6) is 0 Å². The Kier molecular flexibility index (Phi) is 5.20. The van der Waals surface area contributed by atoms with Gasteiger partial charge in [0.25, 0.3) is 5.91 Å². The van der Waals surface area contributed by atoms with E-state index in [2.05, 4.69) is 10.3 Å². The van der Waals surface area contributed by atoms with Crippen molar-refractivity contribution < 1.29 is 9.90 Å². The van der Waals surface area contributed by atoms with E-state index in [0.717, 1.165) is 32.2 Å². The summed E-state index contributed by atoms with van der Waals surface area (Å²) >= 11 is 6.10. The van der Waals surface area contributed by atoms with E-state index in [4.69, 9.17) is 16.7 Å². The molecule has 2 N–H and O–H groups in total. The van der Waals surface area contributed by atoms with Crippen LogP contribution in [0.15, 0.2) is 12.3 Å². The number of halogens is 1. The van der Waals surface area contributed by atoms with Gasteiger partial charge in [-0.05, 0) is 31.7 Å². The van der Waals surface area contributed by atoms with Crippen LogP contribution in [0.25, 0.3) is 0 Å². The molecule has 0 bridgehead atoms. The van der Waals surface area contributed by atoms with Gasteiger partial charge < -0.3 is 15.3 Å². The van der Waals surface area contributed by atoms with Crippen LogP contribution in [-0.4, -0.2) is 47.1 Å². The van der Waals surface area contributed by atoms with Crippen LogP contribution in [0.4, 0.5) is 5.82 Å². The molecule has 20 heavy (non-hydrogen) atoms. The summed E-state index contributed by atoms with van der Waals surface area (Å²) < 4.78 is 0. The number of aromatic nitrogens is 1. The number of hydrogen-bond acceptors (Lipinski definition) is 4. The van der Waals surface area contributed by atoms with Gasteiger partial charge in [0.15, 0.2) is 0 Å². The second-order valence-corrected chi connectivity index (χ2v) is 5.37. The fourth-order valence-corrected chi connectivity index (χ4v) is 2.81. The summed E-state index contributed by atoms with van der Waals surface area (Å²) in [6.45, 7) is 0.918. The van der Waals surface area contributed by atoms with E-state index in [9.17, 15) is 4.79 Å². The second-order valence-electron chi connectivity index (χ2n) is 4.96. The molecule has 1 unspecified atom stereocenters. The summed E-state index contributed by atoms with van der Waals surface area (Å²) in [5.74, 6) is 0.582. The number of anilines is 1. The molecular weight excluding hydrogens is 278 g/mol. The number of carbonyl (C=O) groups excluding carboxylic acids is 1. The molecule has 5 nitrogen and oxygen atoms in total. The number of hydrogen-bond donors (Lipinski definition) is 2. The second kappa shape index (κ2) is 6.90. The summed E-state index contributed by atoms with van der Waals surface area (Å²) in [6, 6.07) is 1.89. The summed E-state index contributed by atoms with van der Waals surface area (Å²) in [4.78, 5) is 18.6. The van der Waals surface area contributed by atoms with Crippen molar-refractivity contribution in [3.63, 3.8) is 0 Å². The minimum atomic E-state index is -0.0469. The third kappa shape index (κ3) is 3.22. The van der Waals surface area contributed by atoms with Crippen LogP contribution in [0.3, 0.4) is 0 Å². The topological polar surface area (TPSA) is 65.5 Å². The molecule has 0 radical (unpaired) electrons. The molecule has 0 saturated carbocycles. The van der Waals surface area contributed by atoms with Crippen LogP contribution in [0.2, 0.25) is 5.02 Å². The van der Waals surface area contributed by atoms with Gasteiger partial charge in [0, 0.05) is 32.4 Å². The normalized spacial score (nSPS) is 18.4. The fourth-order valence-electron chi connectivity index (χ4n) is 2.62. The first-order chi connectivity index (χ1) is 9.67. The van der Waals surface area contributed by atoms with Crippen molar-refractivity contribution in [1.29, 1.82) is 0 Å². The van der Waals surface area contributed by atoms with Crippen molar-refractivity contribution in [3.05, 3.63) is 22.8 Å². The number of pyridine rings is 1. The van der Waals surface area contributed by atoms with Crippen molar-refractivity contribution in [2.45, 2.75) is 31.7 Å². The Hall–Kier alpha value is -1.33. The van der Waals surface area contributed by atoms with Crippen molar-refractivity contribution >= 4 is 23.3 Å². The maximum Gasteiger partial charge on any atom is 0.255 e. The fraction of sp³-hybridized carbons (Fsp3) is 0.571. The monoisotopic (exact) mass is 297 g/mol. The number of likely N-dealkylation sites (tertiary alicyclic amines) is 1. The SMILES string of the molecule is CNc1cc(C(=O)N2CCCC2CCCO)c(Cl)cn1. The Morgan fingerprint density at radius 3 is 3.15 bits per heavy atom. The van der Waals surface area contributed by atoms with Gasteiger partial charge in [0.05, 0.1) is 10.6 Å². The van der Waals surface area contributed by atoms with Gasteiger partial charge in [-0.1, -0.05) is 11.6 Å².